The maximum absolute atomic E-state index is 5.16. The standard InChI is InChI=1S/C16H19N5OS/c1-12-9-13(19-22-12)10-20-4-2-5-21(7-6-20)16-15-14(3-8-23-15)17-11-18-16/h3,8-9,11H,2,4-7,10H2,1H3. The van der Waals surface area contributed by atoms with Crippen molar-refractivity contribution in [1.29, 1.82) is 0 Å². The van der Waals surface area contributed by atoms with Crippen molar-refractivity contribution < 1.29 is 4.52 Å². The van der Waals surface area contributed by atoms with Gasteiger partial charge in [0.25, 0.3) is 0 Å². The van der Waals surface area contributed by atoms with Crippen molar-refractivity contribution in [1.82, 2.24) is 20.0 Å². The second-order valence-electron chi connectivity index (χ2n) is 5.88. The quantitative estimate of drug-likeness (QED) is 0.736. The molecule has 0 aliphatic carbocycles. The smallest absolute Gasteiger partial charge is 0.150 e. The predicted octanol–water partition coefficient (Wildman–Crippen LogP) is 2.70. The first-order valence-corrected chi connectivity index (χ1v) is 8.75. The zero-order chi connectivity index (χ0) is 15.6. The topological polar surface area (TPSA) is 58.3 Å². The Morgan fingerprint density at radius 1 is 1.22 bits per heavy atom. The summed E-state index contributed by atoms with van der Waals surface area (Å²) < 4.78 is 6.35. The number of thiophene rings is 1. The van der Waals surface area contributed by atoms with Crippen molar-refractivity contribution in [3.05, 3.63) is 35.3 Å². The summed E-state index contributed by atoms with van der Waals surface area (Å²) in [4.78, 5) is 13.7. The summed E-state index contributed by atoms with van der Waals surface area (Å²) in [6.45, 7) is 6.86. The molecule has 0 atom stereocenters. The molecule has 3 aromatic rings. The summed E-state index contributed by atoms with van der Waals surface area (Å²) in [5.41, 5.74) is 2.05. The third-order valence-corrected chi connectivity index (χ3v) is 5.07. The molecular weight excluding hydrogens is 310 g/mol. The average Bonchev–Trinajstić information content (AvgIpc) is 3.12. The predicted molar refractivity (Wildman–Crippen MR) is 90.8 cm³/mol. The van der Waals surface area contributed by atoms with Crippen LogP contribution < -0.4 is 4.90 Å². The molecule has 0 saturated carbocycles. The van der Waals surface area contributed by atoms with Crippen LogP contribution in [0.4, 0.5) is 5.82 Å². The first-order valence-electron chi connectivity index (χ1n) is 7.87. The molecule has 0 radical (unpaired) electrons. The first-order chi connectivity index (χ1) is 11.3. The van der Waals surface area contributed by atoms with Crippen LogP contribution in [0.15, 0.2) is 28.4 Å². The van der Waals surface area contributed by atoms with Gasteiger partial charge in [0.1, 0.15) is 17.9 Å². The maximum Gasteiger partial charge on any atom is 0.150 e. The third-order valence-electron chi connectivity index (χ3n) is 4.17. The second kappa shape index (κ2) is 6.25. The highest BCUT2D eigenvalue weighted by Gasteiger charge is 2.19. The lowest BCUT2D eigenvalue weighted by Gasteiger charge is -2.22. The number of fused-ring (bicyclic) bond motifs is 1. The summed E-state index contributed by atoms with van der Waals surface area (Å²) in [6, 6.07) is 4.07. The molecule has 1 aliphatic rings. The zero-order valence-corrected chi connectivity index (χ0v) is 13.9. The number of anilines is 1. The molecule has 0 spiro atoms. The summed E-state index contributed by atoms with van der Waals surface area (Å²) in [5, 5.41) is 6.19. The van der Waals surface area contributed by atoms with Gasteiger partial charge in [0.15, 0.2) is 0 Å². The molecule has 0 bridgehead atoms. The SMILES string of the molecule is Cc1cc(CN2CCCN(c3ncnc4ccsc34)CC2)no1. The molecule has 4 rings (SSSR count). The highest BCUT2D eigenvalue weighted by Crippen LogP contribution is 2.28. The van der Waals surface area contributed by atoms with Gasteiger partial charge in [0.05, 0.1) is 15.9 Å². The van der Waals surface area contributed by atoms with E-state index in [2.05, 4.69) is 36.4 Å². The zero-order valence-electron chi connectivity index (χ0n) is 13.1. The third kappa shape index (κ3) is 3.07. The van der Waals surface area contributed by atoms with E-state index in [0.29, 0.717) is 0 Å². The molecule has 7 heteroatoms. The first kappa shape index (κ1) is 14.6. The van der Waals surface area contributed by atoms with Gasteiger partial charge in [-0.05, 0) is 24.8 Å². The Morgan fingerprint density at radius 2 is 2.17 bits per heavy atom. The molecule has 4 heterocycles. The van der Waals surface area contributed by atoms with E-state index in [0.717, 1.165) is 61.9 Å². The summed E-state index contributed by atoms with van der Waals surface area (Å²) >= 11 is 1.72. The van der Waals surface area contributed by atoms with E-state index in [4.69, 9.17) is 4.52 Å². The molecule has 23 heavy (non-hydrogen) atoms. The Hall–Kier alpha value is -1.99. The number of hydrogen-bond donors (Lipinski definition) is 0. The molecule has 6 nitrogen and oxygen atoms in total. The van der Waals surface area contributed by atoms with Crippen LogP contribution in [0.1, 0.15) is 17.9 Å². The Kier molecular flexibility index (Phi) is 3.97. The molecule has 0 N–H and O–H groups in total. The van der Waals surface area contributed by atoms with E-state index in [1.165, 1.54) is 4.70 Å². The van der Waals surface area contributed by atoms with Crippen molar-refractivity contribution in [3.8, 4) is 0 Å². The fourth-order valence-corrected chi connectivity index (χ4v) is 3.93. The second-order valence-corrected chi connectivity index (χ2v) is 6.79. The van der Waals surface area contributed by atoms with Crippen LogP contribution in [0.3, 0.4) is 0 Å². The lowest BCUT2D eigenvalue weighted by atomic mass is 10.3. The van der Waals surface area contributed by atoms with E-state index in [1.54, 1.807) is 17.7 Å². The lowest BCUT2D eigenvalue weighted by molar-refractivity contribution is 0.273. The van der Waals surface area contributed by atoms with Gasteiger partial charge in [0.2, 0.25) is 0 Å². The molecule has 1 aliphatic heterocycles. The molecular formula is C16H19N5OS. The summed E-state index contributed by atoms with van der Waals surface area (Å²) in [5.74, 6) is 1.95. The number of hydrogen-bond acceptors (Lipinski definition) is 7. The Labute approximate surface area is 138 Å². The molecule has 120 valence electrons. The molecule has 3 aromatic heterocycles. The fraction of sp³-hybridized carbons (Fsp3) is 0.438. The van der Waals surface area contributed by atoms with Crippen LogP contribution in [0.5, 0.6) is 0 Å². The van der Waals surface area contributed by atoms with Crippen LogP contribution >= 0.6 is 11.3 Å². The number of rotatable bonds is 3. The van der Waals surface area contributed by atoms with Gasteiger partial charge >= 0.3 is 0 Å². The van der Waals surface area contributed by atoms with E-state index in [1.807, 2.05) is 13.0 Å². The average molecular weight is 329 g/mol. The minimum atomic E-state index is 0.851. The Bertz CT molecular complexity index is 798. The van der Waals surface area contributed by atoms with Crippen molar-refractivity contribution >= 4 is 27.4 Å². The van der Waals surface area contributed by atoms with Crippen LogP contribution in [0.2, 0.25) is 0 Å². The van der Waals surface area contributed by atoms with Crippen molar-refractivity contribution in [2.24, 2.45) is 0 Å². The van der Waals surface area contributed by atoms with Crippen LogP contribution in [0, 0.1) is 6.92 Å². The van der Waals surface area contributed by atoms with Crippen LogP contribution in [-0.2, 0) is 6.54 Å². The van der Waals surface area contributed by atoms with Crippen molar-refractivity contribution in [2.75, 3.05) is 31.1 Å². The van der Waals surface area contributed by atoms with Gasteiger partial charge < -0.3 is 9.42 Å². The fourth-order valence-electron chi connectivity index (χ4n) is 3.06. The summed E-state index contributed by atoms with van der Waals surface area (Å²) in [7, 11) is 0. The minimum Gasteiger partial charge on any atom is -0.361 e. The van der Waals surface area contributed by atoms with Gasteiger partial charge in [-0.1, -0.05) is 5.16 Å². The molecule has 0 amide bonds. The van der Waals surface area contributed by atoms with Crippen LogP contribution in [-0.4, -0.2) is 46.2 Å². The largest absolute Gasteiger partial charge is 0.361 e. The van der Waals surface area contributed by atoms with Gasteiger partial charge in [-0.25, -0.2) is 9.97 Å². The number of aromatic nitrogens is 3. The highest BCUT2D eigenvalue weighted by molar-refractivity contribution is 7.17. The van der Waals surface area contributed by atoms with Gasteiger partial charge in [-0.2, -0.15) is 0 Å². The Morgan fingerprint density at radius 3 is 3.04 bits per heavy atom. The normalized spacial score (nSPS) is 16.8. The van der Waals surface area contributed by atoms with E-state index < -0.39 is 0 Å². The van der Waals surface area contributed by atoms with Gasteiger partial charge in [0, 0.05) is 38.8 Å². The molecule has 1 fully saturated rings. The number of aryl methyl sites for hydroxylation is 1. The van der Waals surface area contributed by atoms with E-state index in [-0.39, 0.29) is 0 Å². The Balaban J connectivity index is 1.47. The highest BCUT2D eigenvalue weighted by atomic mass is 32.1. The van der Waals surface area contributed by atoms with Crippen LogP contribution in [0.25, 0.3) is 10.2 Å². The monoisotopic (exact) mass is 329 g/mol. The van der Waals surface area contributed by atoms with E-state index >= 15 is 0 Å². The minimum absolute atomic E-state index is 0.851. The maximum atomic E-state index is 5.16. The van der Waals surface area contributed by atoms with E-state index in [9.17, 15) is 0 Å². The summed E-state index contributed by atoms with van der Waals surface area (Å²) in [6.07, 6.45) is 2.79. The van der Waals surface area contributed by atoms with Gasteiger partial charge in [-0.15, -0.1) is 11.3 Å². The molecule has 0 aromatic carbocycles. The molecule has 0 unspecified atom stereocenters. The van der Waals surface area contributed by atoms with Crippen molar-refractivity contribution in [2.45, 2.75) is 19.9 Å². The molecule has 1 saturated heterocycles. The van der Waals surface area contributed by atoms with Crippen molar-refractivity contribution in [3.63, 3.8) is 0 Å². The van der Waals surface area contributed by atoms with Gasteiger partial charge in [-0.3, -0.25) is 4.90 Å². The lowest BCUT2D eigenvalue weighted by Crippen LogP contribution is -2.31. The number of nitrogens with zero attached hydrogens (tertiary/aromatic N) is 5.